The maximum Gasteiger partial charge on any atom is 0.274 e. The van der Waals surface area contributed by atoms with Crippen molar-refractivity contribution >= 4 is 39.3 Å². The van der Waals surface area contributed by atoms with Gasteiger partial charge in [0.1, 0.15) is 12.0 Å². The number of nitrogens with one attached hydrogen (secondary N) is 1. The van der Waals surface area contributed by atoms with E-state index in [1.807, 2.05) is 24.3 Å². The highest BCUT2D eigenvalue weighted by Crippen LogP contribution is 2.29. The quantitative estimate of drug-likeness (QED) is 0.562. The number of carbonyl (C=O) groups excluding carboxylic acids is 2. The number of hydrogen-bond donors (Lipinski definition) is 1. The van der Waals surface area contributed by atoms with Crippen molar-refractivity contribution in [1.29, 1.82) is 0 Å². The molecule has 1 N–H and O–H groups in total. The Morgan fingerprint density at radius 3 is 2.83 bits per heavy atom. The van der Waals surface area contributed by atoms with Gasteiger partial charge in [0.15, 0.2) is 5.13 Å². The second-order valence-corrected chi connectivity index (χ2v) is 7.66. The van der Waals surface area contributed by atoms with Gasteiger partial charge in [0, 0.05) is 17.8 Å². The highest BCUT2D eigenvalue weighted by atomic mass is 32.1. The Labute approximate surface area is 169 Å². The molecule has 1 aliphatic heterocycles. The average molecular weight is 405 g/mol. The zero-order valence-corrected chi connectivity index (χ0v) is 16.0. The molecule has 144 valence electrons. The normalized spacial score (nSPS) is 13.3. The van der Waals surface area contributed by atoms with Gasteiger partial charge >= 0.3 is 0 Å². The molecule has 0 bridgehead atoms. The van der Waals surface area contributed by atoms with Crippen molar-refractivity contribution in [3.05, 3.63) is 70.9 Å². The molecule has 4 heterocycles. The van der Waals surface area contributed by atoms with Crippen LogP contribution in [0.5, 0.6) is 0 Å². The van der Waals surface area contributed by atoms with Crippen LogP contribution in [0, 0.1) is 0 Å². The predicted octanol–water partition coefficient (Wildman–Crippen LogP) is 3.13. The van der Waals surface area contributed by atoms with Gasteiger partial charge in [0.2, 0.25) is 0 Å². The molecule has 0 saturated carbocycles. The second kappa shape index (κ2) is 7.10. The smallest absolute Gasteiger partial charge is 0.274 e. The van der Waals surface area contributed by atoms with Crippen LogP contribution in [0.15, 0.2) is 53.5 Å². The van der Waals surface area contributed by atoms with Gasteiger partial charge in [-0.05, 0) is 18.2 Å². The molecule has 0 atom stereocenters. The lowest BCUT2D eigenvalue weighted by atomic mass is 10.1. The van der Waals surface area contributed by atoms with Gasteiger partial charge in [-0.3, -0.25) is 19.9 Å². The van der Waals surface area contributed by atoms with Gasteiger partial charge in [-0.25, -0.2) is 9.97 Å². The molecule has 5 rings (SSSR count). The van der Waals surface area contributed by atoms with E-state index >= 15 is 0 Å². The van der Waals surface area contributed by atoms with E-state index in [0.29, 0.717) is 41.4 Å². The first kappa shape index (κ1) is 17.5. The number of para-hydroxylation sites is 2. The number of benzene rings is 1. The third-order valence-corrected chi connectivity index (χ3v) is 5.69. The lowest BCUT2D eigenvalue weighted by Gasteiger charge is -2.25. The number of thiazole rings is 1. The van der Waals surface area contributed by atoms with Crippen molar-refractivity contribution in [3.63, 3.8) is 0 Å². The van der Waals surface area contributed by atoms with Gasteiger partial charge < -0.3 is 9.32 Å². The number of hydrogen-bond acceptors (Lipinski definition) is 7. The van der Waals surface area contributed by atoms with E-state index < -0.39 is 0 Å². The monoisotopic (exact) mass is 405 g/mol. The lowest BCUT2D eigenvalue weighted by Crippen LogP contribution is -2.36. The van der Waals surface area contributed by atoms with Crippen LogP contribution in [0.1, 0.15) is 31.4 Å². The Balaban J connectivity index is 1.33. The summed E-state index contributed by atoms with van der Waals surface area (Å²) in [5, 5.41) is 3.29. The van der Waals surface area contributed by atoms with Crippen LogP contribution in [0.25, 0.3) is 11.0 Å². The largest absolute Gasteiger partial charge is 0.472 e. The summed E-state index contributed by atoms with van der Waals surface area (Å²) in [6.07, 6.45) is 4.97. The van der Waals surface area contributed by atoms with Gasteiger partial charge in [-0.1, -0.05) is 23.5 Å². The SMILES string of the molecule is O=C(Nc1nc2c(s1)CN(C(=O)c1cnc3ccccc3n1)CC2)c1ccoc1. The average Bonchev–Trinajstić information content (AvgIpc) is 3.42. The van der Waals surface area contributed by atoms with E-state index in [1.54, 1.807) is 11.0 Å². The van der Waals surface area contributed by atoms with E-state index in [1.165, 1.54) is 30.1 Å². The predicted molar refractivity (Wildman–Crippen MR) is 107 cm³/mol. The number of furan rings is 1. The summed E-state index contributed by atoms with van der Waals surface area (Å²) in [7, 11) is 0. The molecule has 0 fully saturated rings. The molecule has 8 nitrogen and oxygen atoms in total. The van der Waals surface area contributed by atoms with E-state index in [-0.39, 0.29) is 11.8 Å². The van der Waals surface area contributed by atoms with Crippen LogP contribution in [0.3, 0.4) is 0 Å². The second-order valence-electron chi connectivity index (χ2n) is 6.58. The standard InChI is InChI=1S/C20H15N5O3S/c26-18(12-6-8-28-11-12)24-20-23-15-5-7-25(10-17(15)29-20)19(27)16-9-21-13-3-1-2-4-14(13)22-16/h1-4,6,8-9,11H,5,7,10H2,(H,23,24,26). The van der Waals surface area contributed by atoms with Gasteiger partial charge in [-0.15, -0.1) is 0 Å². The lowest BCUT2D eigenvalue weighted by molar-refractivity contribution is 0.0730. The molecule has 1 aliphatic rings. The zero-order chi connectivity index (χ0) is 19.8. The molecular formula is C20H15N5O3S. The molecule has 0 radical (unpaired) electrons. The summed E-state index contributed by atoms with van der Waals surface area (Å²) in [5.41, 5.74) is 3.12. The molecule has 4 aromatic rings. The number of amides is 2. The summed E-state index contributed by atoms with van der Waals surface area (Å²) >= 11 is 1.38. The molecule has 9 heteroatoms. The van der Waals surface area contributed by atoms with Crippen LogP contribution in [0.4, 0.5) is 5.13 Å². The third kappa shape index (κ3) is 3.36. The Kier molecular flexibility index (Phi) is 4.28. The minimum Gasteiger partial charge on any atom is -0.472 e. The first-order chi connectivity index (χ1) is 14.2. The Morgan fingerprint density at radius 2 is 2.00 bits per heavy atom. The number of aromatic nitrogens is 3. The fourth-order valence-electron chi connectivity index (χ4n) is 3.21. The van der Waals surface area contributed by atoms with E-state index in [2.05, 4.69) is 20.3 Å². The third-order valence-electron chi connectivity index (χ3n) is 4.69. The van der Waals surface area contributed by atoms with E-state index in [9.17, 15) is 9.59 Å². The van der Waals surface area contributed by atoms with Crippen LogP contribution < -0.4 is 5.32 Å². The number of rotatable bonds is 3. The van der Waals surface area contributed by atoms with Gasteiger partial charge in [0.25, 0.3) is 11.8 Å². The van der Waals surface area contributed by atoms with Crippen molar-refractivity contribution in [1.82, 2.24) is 19.9 Å². The number of fused-ring (bicyclic) bond motifs is 2. The van der Waals surface area contributed by atoms with Gasteiger partial charge in [0.05, 0.1) is 41.3 Å². The zero-order valence-electron chi connectivity index (χ0n) is 15.2. The van der Waals surface area contributed by atoms with Crippen LogP contribution in [0.2, 0.25) is 0 Å². The molecule has 0 saturated heterocycles. The van der Waals surface area contributed by atoms with Crippen LogP contribution in [-0.2, 0) is 13.0 Å². The minimum atomic E-state index is -0.274. The minimum absolute atomic E-state index is 0.161. The molecule has 0 spiro atoms. The first-order valence-electron chi connectivity index (χ1n) is 9.00. The first-order valence-corrected chi connectivity index (χ1v) is 9.82. The van der Waals surface area contributed by atoms with Crippen molar-refractivity contribution in [2.75, 3.05) is 11.9 Å². The van der Waals surface area contributed by atoms with Crippen LogP contribution >= 0.6 is 11.3 Å². The summed E-state index contributed by atoms with van der Waals surface area (Å²) in [4.78, 5) is 41.1. The number of carbonyl (C=O) groups is 2. The summed E-state index contributed by atoms with van der Waals surface area (Å²) < 4.78 is 4.93. The van der Waals surface area contributed by atoms with Crippen molar-refractivity contribution in [3.8, 4) is 0 Å². The van der Waals surface area contributed by atoms with Gasteiger partial charge in [-0.2, -0.15) is 0 Å². The van der Waals surface area contributed by atoms with Crippen LogP contribution in [-0.4, -0.2) is 38.2 Å². The summed E-state index contributed by atoms with van der Waals surface area (Å²) in [5.74, 6) is -0.435. The summed E-state index contributed by atoms with van der Waals surface area (Å²) in [6.45, 7) is 0.973. The molecule has 1 aromatic carbocycles. The van der Waals surface area contributed by atoms with Crippen molar-refractivity contribution in [2.24, 2.45) is 0 Å². The molecule has 0 unspecified atom stereocenters. The van der Waals surface area contributed by atoms with E-state index in [4.69, 9.17) is 4.42 Å². The fourth-order valence-corrected chi connectivity index (χ4v) is 4.23. The molecular weight excluding hydrogens is 390 g/mol. The Hall–Kier alpha value is -3.59. The maximum absolute atomic E-state index is 12.9. The Morgan fingerprint density at radius 1 is 1.14 bits per heavy atom. The number of anilines is 1. The van der Waals surface area contributed by atoms with Crippen molar-refractivity contribution in [2.45, 2.75) is 13.0 Å². The molecule has 2 amide bonds. The topological polar surface area (TPSA) is 101 Å². The highest BCUT2D eigenvalue weighted by Gasteiger charge is 2.26. The molecule has 3 aromatic heterocycles. The van der Waals surface area contributed by atoms with E-state index in [0.717, 1.165) is 16.1 Å². The fraction of sp³-hybridized carbons (Fsp3) is 0.150. The molecule has 29 heavy (non-hydrogen) atoms. The summed E-state index contributed by atoms with van der Waals surface area (Å²) in [6, 6.07) is 9.05. The maximum atomic E-state index is 12.9. The van der Waals surface area contributed by atoms with Crippen molar-refractivity contribution < 1.29 is 14.0 Å². The molecule has 0 aliphatic carbocycles. The Bertz CT molecular complexity index is 1220. The highest BCUT2D eigenvalue weighted by molar-refractivity contribution is 7.15. The number of nitrogens with zero attached hydrogens (tertiary/aromatic N) is 4.